The first kappa shape index (κ1) is 10.4. The molecule has 1 atom stereocenters. The Morgan fingerprint density at radius 1 is 1.35 bits per heavy atom. The van der Waals surface area contributed by atoms with Gasteiger partial charge in [0.2, 0.25) is 0 Å². The Bertz CT molecular complexity index is 614. The van der Waals surface area contributed by atoms with Gasteiger partial charge in [0.25, 0.3) is 0 Å². The molecule has 0 saturated carbocycles. The van der Waals surface area contributed by atoms with Crippen LogP contribution in [0.15, 0.2) is 36.0 Å². The number of fused-ring (bicyclic) bond motifs is 1. The lowest BCUT2D eigenvalue weighted by molar-refractivity contribution is 0.655. The van der Waals surface area contributed by atoms with Gasteiger partial charge in [-0.15, -0.1) is 11.3 Å². The van der Waals surface area contributed by atoms with Crippen molar-refractivity contribution in [3.8, 4) is 0 Å². The molecule has 2 aromatic heterocycles. The van der Waals surface area contributed by atoms with Gasteiger partial charge < -0.3 is 5.32 Å². The number of nitrogens with zero attached hydrogens (tertiary/aromatic N) is 2. The van der Waals surface area contributed by atoms with Gasteiger partial charge in [-0.3, -0.25) is 5.10 Å². The molecule has 2 heterocycles. The van der Waals surface area contributed by atoms with E-state index in [2.05, 4.69) is 50.1 Å². The van der Waals surface area contributed by atoms with Crippen LogP contribution in [0.25, 0.3) is 10.1 Å². The molecule has 0 aliphatic rings. The molecule has 86 valence electrons. The van der Waals surface area contributed by atoms with E-state index in [4.69, 9.17) is 0 Å². The molecule has 1 aromatic carbocycles. The molecule has 3 aromatic rings. The van der Waals surface area contributed by atoms with Gasteiger partial charge in [-0.05, 0) is 29.4 Å². The average Bonchev–Trinajstić information content (AvgIpc) is 3.00. The zero-order chi connectivity index (χ0) is 11.7. The number of aromatic nitrogens is 3. The van der Waals surface area contributed by atoms with E-state index in [1.165, 1.54) is 22.0 Å². The maximum atomic E-state index is 4.23. The molecule has 0 aliphatic heterocycles. The van der Waals surface area contributed by atoms with Gasteiger partial charge in [0.05, 0.1) is 6.04 Å². The Morgan fingerprint density at radius 2 is 2.29 bits per heavy atom. The Kier molecular flexibility index (Phi) is 2.62. The SMILES string of the molecule is CNC(c1ncn[nH]1)c1cccc2ccsc12. The third kappa shape index (κ3) is 1.73. The highest BCUT2D eigenvalue weighted by molar-refractivity contribution is 7.17. The molecule has 0 bridgehead atoms. The van der Waals surface area contributed by atoms with E-state index in [9.17, 15) is 0 Å². The van der Waals surface area contributed by atoms with E-state index < -0.39 is 0 Å². The van der Waals surface area contributed by atoms with Crippen LogP contribution in [-0.2, 0) is 0 Å². The molecule has 2 N–H and O–H groups in total. The Balaban J connectivity index is 2.16. The lowest BCUT2D eigenvalue weighted by Gasteiger charge is -2.14. The first-order chi connectivity index (χ1) is 8.40. The van der Waals surface area contributed by atoms with Crippen molar-refractivity contribution in [2.45, 2.75) is 6.04 Å². The van der Waals surface area contributed by atoms with Gasteiger partial charge in [-0.2, -0.15) is 5.10 Å². The van der Waals surface area contributed by atoms with Gasteiger partial charge in [0, 0.05) is 4.70 Å². The van der Waals surface area contributed by atoms with Gasteiger partial charge >= 0.3 is 0 Å². The van der Waals surface area contributed by atoms with Gasteiger partial charge in [-0.1, -0.05) is 18.2 Å². The third-order valence-corrected chi connectivity index (χ3v) is 3.80. The highest BCUT2D eigenvalue weighted by Gasteiger charge is 2.17. The lowest BCUT2D eigenvalue weighted by atomic mass is 10.0. The van der Waals surface area contributed by atoms with E-state index in [0.717, 1.165) is 5.82 Å². The van der Waals surface area contributed by atoms with Crippen LogP contribution in [0.4, 0.5) is 0 Å². The number of hydrogen-bond donors (Lipinski definition) is 2. The highest BCUT2D eigenvalue weighted by atomic mass is 32.1. The van der Waals surface area contributed by atoms with Crippen LogP contribution in [0.1, 0.15) is 17.4 Å². The number of benzene rings is 1. The standard InChI is InChI=1S/C12H12N4S/c1-13-10(12-14-7-15-16-12)9-4-2-3-8-5-6-17-11(8)9/h2-7,10,13H,1H3,(H,14,15,16). The maximum absolute atomic E-state index is 4.23. The second kappa shape index (κ2) is 4.27. The fraction of sp³-hybridized carbons (Fsp3) is 0.167. The van der Waals surface area contributed by atoms with Crippen molar-refractivity contribution in [2.75, 3.05) is 7.05 Å². The zero-order valence-electron chi connectivity index (χ0n) is 9.34. The largest absolute Gasteiger partial charge is 0.307 e. The molecule has 3 rings (SSSR count). The van der Waals surface area contributed by atoms with Gasteiger partial charge in [0.15, 0.2) is 0 Å². The normalized spacial score (nSPS) is 13.0. The van der Waals surface area contributed by atoms with Crippen LogP contribution in [0.5, 0.6) is 0 Å². The minimum absolute atomic E-state index is 0.0554. The van der Waals surface area contributed by atoms with Crippen LogP contribution in [-0.4, -0.2) is 22.2 Å². The van der Waals surface area contributed by atoms with Crippen LogP contribution in [0.2, 0.25) is 0 Å². The van der Waals surface area contributed by atoms with Crippen molar-refractivity contribution in [3.63, 3.8) is 0 Å². The lowest BCUT2D eigenvalue weighted by Crippen LogP contribution is -2.19. The van der Waals surface area contributed by atoms with E-state index in [1.807, 2.05) is 7.05 Å². The minimum Gasteiger partial charge on any atom is -0.307 e. The quantitative estimate of drug-likeness (QED) is 0.743. The number of thiophene rings is 1. The van der Waals surface area contributed by atoms with Crippen molar-refractivity contribution in [1.29, 1.82) is 0 Å². The van der Waals surface area contributed by atoms with Gasteiger partial charge in [0.1, 0.15) is 12.2 Å². The smallest absolute Gasteiger partial charge is 0.146 e. The molecule has 0 radical (unpaired) electrons. The number of aromatic amines is 1. The monoisotopic (exact) mass is 244 g/mol. The summed E-state index contributed by atoms with van der Waals surface area (Å²) < 4.78 is 1.29. The fourth-order valence-corrected chi connectivity index (χ4v) is 2.98. The molecule has 0 aliphatic carbocycles. The molecular formula is C12H12N4S. The van der Waals surface area contributed by atoms with Crippen LogP contribution < -0.4 is 5.32 Å². The first-order valence-corrected chi connectivity index (χ1v) is 6.27. The molecule has 4 nitrogen and oxygen atoms in total. The highest BCUT2D eigenvalue weighted by Crippen LogP contribution is 2.30. The Labute approximate surface area is 103 Å². The zero-order valence-corrected chi connectivity index (χ0v) is 10.2. The second-order valence-corrected chi connectivity index (χ2v) is 4.69. The van der Waals surface area contributed by atoms with Crippen LogP contribution >= 0.6 is 11.3 Å². The summed E-state index contributed by atoms with van der Waals surface area (Å²) in [7, 11) is 1.93. The van der Waals surface area contributed by atoms with E-state index in [0.29, 0.717) is 0 Å². The van der Waals surface area contributed by atoms with E-state index in [-0.39, 0.29) is 6.04 Å². The van der Waals surface area contributed by atoms with Crippen molar-refractivity contribution in [1.82, 2.24) is 20.5 Å². The Morgan fingerprint density at radius 3 is 3.06 bits per heavy atom. The van der Waals surface area contributed by atoms with Crippen LogP contribution in [0, 0.1) is 0 Å². The van der Waals surface area contributed by atoms with Crippen molar-refractivity contribution < 1.29 is 0 Å². The molecule has 0 spiro atoms. The summed E-state index contributed by atoms with van der Waals surface area (Å²) in [5.74, 6) is 0.841. The molecule has 17 heavy (non-hydrogen) atoms. The maximum Gasteiger partial charge on any atom is 0.146 e. The minimum atomic E-state index is 0.0554. The molecular weight excluding hydrogens is 232 g/mol. The summed E-state index contributed by atoms with van der Waals surface area (Å²) in [6.45, 7) is 0. The van der Waals surface area contributed by atoms with Crippen molar-refractivity contribution >= 4 is 21.4 Å². The van der Waals surface area contributed by atoms with Crippen molar-refractivity contribution in [2.24, 2.45) is 0 Å². The summed E-state index contributed by atoms with van der Waals surface area (Å²) >= 11 is 1.75. The van der Waals surface area contributed by atoms with Crippen LogP contribution in [0.3, 0.4) is 0 Å². The molecule has 1 unspecified atom stereocenters. The number of hydrogen-bond acceptors (Lipinski definition) is 4. The summed E-state index contributed by atoms with van der Waals surface area (Å²) in [5.41, 5.74) is 1.23. The molecule has 0 fully saturated rings. The average molecular weight is 244 g/mol. The topological polar surface area (TPSA) is 53.6 Å². The number of nitrogens with one attached hydrogen (secondary N) is 2. The summed E-state index contributed by atoms with van der Waals surface area (Å²) in [5, 5.41) is 13.5. The van der Waals surface area contributed by atoms with E-state index >= 15 is 0 Å². The van der Waals surface area contributed by atoms with E-state index in [1.54, 1.807) is 11.3 Å². The summed E-state index contributed by atoms with van der Waals surface area (Å²) in [6.07, 6.45) is 1.54. The van der Waals surface area contributed by atoms with Crippen molar-refractivity contribution in [3.05, 3.63) is 47.4 Å². The summed E-state index contributed by atoms with van der Waals surface area (Å²) in [6, 6.07) is 8.52. The molecule has 5 heteroatoms. The number of H-pyrrole nitrogens is 1. The predicted molar refractivity (Wildman–Crippen MR) is 69.1 cm³/mol. The summed E-state index contributed by atoms with van der Waals surface area (Å²) in [4.78, 5) is 4.23. The second-order valence-electron chi connectivity index (χ2n) is 3.78. The predicted octanol–water partition coefficient (Wildman–Crippen LogP) is 2.33. The third-order valence-electron chi connectivity index (χ3n) is 2.82. The fourth-order valence-electron chi connectivity index (χ4n) is 2.04. The Hall–Kier alpha value is -1.72. The molecule has 0 saturated heterocycles. The first-order valence-electron chi connectivity index (χ1n) is 5.39. The van der Waals surface area contributed by atoms with Gasteiger partial charge in [-0.25, -0.2) is 4.98 Å². The molecule has 0 amide bonds. The number of rotatable bonds is 3.